The van der Waals surface area contributed by atoms with Crippen molar-refractivity contribution in [2.24, 2.45) is 0 Å². The summed E-state index contributed by atoms with van der Waals surface area (Å²) in [7, 11) is 0. The van der Waals surface area contributed by atoms with Gasteiger partial charge in [-0.15, -0.1) is 0 Å². The molecule has 0 aromatic heterocycles. The topological polar surface area (TPSA) is 66.4 Å². The molecule has 0 fully saturated rings. The third-order valence-corrected chi connectivity index (χ3v) is 3.98. The standard InChI is InChI=1S/C20H16FNO3/c21-17-8-4-3-7-16(17)19(23)22-18(20(24)25)12-13-9-10-14-5-1-2-6-15(14)11-13/h1-11,18H,12H2,(H,22,23)(H,24,25)/t18-/m1/s1. The van der Waals surface area contributed by atoms with Crippen molar-refractivity contribution < 1.29 is 19.1 Å². The van der Waals surface area contributed by atoms with Crippen molar-refractivity contribution in [1.82, 2.24) is 5.32 Å². The molecule has 3 aromatic rings. The molecule has 0 aliphatic heterocycles. The summed E-state index contributed by atoms with van der Waals surface area (Å²) in [5.74, 6) is -2.60. The molecular formula is C20H16FNO3. The van der Waals surface area contributed by atoms with Gasteiger partial charge in [-0.25, -0.2) is 9.18 Å². The number of halogens is 1. The van der Waals surface area contributed by atoms with Crippen LogP contribution in [0.5, 0.6) is 0 Å². The van der Waals surface area contributed by atoms with E-state index in [0.29, 0.717) is 0 Å². The Kier molecular flexibility index (Phi) is 4.75. The lowest BCUT2D eigenvalue weighted by molar-refractivity contribution is -0.139. The van der Waals surface area contributed by atoms with Gasteiger partial charge < -0.3 is 10.4 Å². The Morgan fingerprint density at radius 1 is 0.960 bits per heavy atom. The van der Waals surface area contributed by atoms with Crippen LogP contribution in [0.2, 0.25) is 0 Å². The number of amides is 1. The number of aliphatic carboxylic acids is 1. The van der Waals surface area contributed by atoms with Crippen LogP contribution in [0.4, 0.5) is 4.39 Å². The van der Waals surface area contributed by atoms with Crippen molar-refractivity contribution in [2.45, 2.75) is 12.5 Å². The summed E-state index contributed by atoms with van der Waals surface area (Å²) in [5.41, 5.74) is 0.604. The molecule has 0 spiro atoms. The maximum Gasteiger partial charge on any atom is 0.326 e. The van der Waals surface area contributed by atoms with Crippen molar-refractivity contribution >= 4 is 22.6 Å². The Balaban J connectivity index is 1.80. The molecule has 0 saturated carbocycles. The molecule has 126 valence electrons. The summed E-state index contributed by atoms with van der Waals surface area (Å²) in [4.78, 5) is 23.7. The second-order valence-corrected chi connectivity index (χ2v) is 5.73. The van der Waals surface area contributed by atoms with Gasteiger partial charge in [-0.3, -0.25) is 4.79 Å². The molecule has 0 aliphatic carbocycles. The minimum Gasteiger partial charge on any atom is -0.480 e. The molecule has 0 heterocycles. The van der Waals surface area contributed by atoms with Gasteiger partial charge in [-0.05, 0) is 28.5 Å². The van der Waals surface area contributed by atoms with Crippen molar-refractivity contribution in [3.05, 3.63) is 83.7 Å². The van der Waals surface area contributed by atoms with Crippen LogP contribution in [0.3, 0.4) is 0 Å². The molecule has 0 aliphatic rings. The van der Waals surface area contributed by atoms with Gasteiger partial charge in [0.05, 0.1) is 5.56 Å². The van der Waals surface area contributed by atoms with Crippen LogP contribution >= 0.6 is 0 Å². The summed E-state index contributed by atoms with van der Waals surface area (Å²) in [6.07, 6.45) is 0.111. The summed E-state index contributed by atoms with van der Waals surface area (Å²) in [5, 5.41) is 13.8. The number of hydrogen-bond acceptors (Lipinski definition) is 2. The molecule has 0 saturated heterocycles. The summed E-state index contributed by atoms with van der Waals surface area (Å²) in [6, 6.07) is 17.7. The molecule has 1 amide bonds. The van der Waals surface area contributed by atoms with Gasteiger partial charge in [0.25, 0.3) is 5.91 Å². The first kappa shape index (κ1) is 16.6. The van der Waals surface area contributed by atoms with Crippen LogP contribution in [0, 0.1) is 5.82 Å². The zero-order chi connectivity index (χ0) is 17.8. The molecule has 0 bridgehead atoms. The van der Waals surface area contributed by atoms with Crippen molar-refractivity contribution in [2.75, 3.05) is 0 Å². The highest BCUT2D eigenvalue weighted by atomic mass is 19.1. The van der Waals surface area contributed by atoms with E-state index >= 15 is 0 Å². The number of carbonyl (C=O) groups excluding carboxylic acids is 1. The number of carbonyl (C=O) groups is 2. The SMILES string of the molecule is O=C(N[C@H](Cc1ccc2ccccc2c1)C(=O)O)c1ccccc1F. The first-order valence-electron chi connectivity index (χ1n) is 7.80. The number of benzene rings is 3. The number of carboxylic acid groups (broad SMARTS) is 1. The molecular weight excluding hydrogens is 321 g/mol. The molecule has 3 aromatic carbocycles. The highest BCUT2D eigenvalue weighted by molar-refractivity contribution is 5.96. The average molecular weight is 337 g/mol. The van der Waals surface area contributed by atoms with E-state index in [-0.39, 0.29) is 12.0 Å². The Morgan fingerprint density at radius 3 is 2.36 bits per heavy atom. The zero-order valence-corrected chi connectivity index (χ0v) is 13.3. The number of nitrogens with one attached hydrogen (secondary N) is 1. The maximum atomic E-state index is 13.7. The molecule has 2 N–H and O–H groups in total. The number of hydrogen-bond donors (Lipinski definition) is 2. The smallest absolute Gasteiger partial charge is 0.326 e. The summed E-state index contributed by atoms with van der Waals surface area (Å²) < 4.78 is 13.7. The molecule has 25 heavy (non-hydrogen) atoms. The second kappa shape index (κ2) is 7.13. The van der Waals surface area contributed by atoms with Crippen molar-refractivity contribution in [3.8, 4) is 0 Å². The first-order chi connectivity index (χ1) is 12.0. The second-order valence-electron chi connectivity index (χ2n) is 5.73. The van der Waals surface area contributed by atoms with Gasteiger partial charge in [-0.2, -0.15) is 0 Å². The fraction of sp³-hybridized carbons (Fsp3) is 0.100. The lowest BCUT2D eigenvalue weighted by Gasteiger charge is -2.15. The maximum absolute atomic E-state index is 13.7. The van der Waals surface area contributed by atoms with Crippen LogP contribution < -0.4 is 5.32 Å². The number of rotatable bonds is 5. The molecule has 1 atom stereocenters. The minimum atomic E-state index is -1.17. The van der Waals surface area contributed by atoms with Crippen LogP contribution in [-0.2, 0) is 11.2 Å². The van der Waals surface area contributed by atoms with E-state index in [9.17, 15) is 19.1 Å². The zero-order valence-electron chi connectivity index (χ0n) is 13.3. The Labute approximate surface area is 143 Å². The number of carboxylic acids is 1. The van der Waals surface area contributed by atoms with E-state index < -0.39 is 23.7 Å². The summed E-state index contributed by atoms with van der Waals surface area (Å²) in [6.45, 7) is 0. The third-order valence-electron chi connectivity index (χ3n) is 3.98. The third kappa shape index (κ3) is 3.83. The van der Waals surface area contributed by atoms with Gasteiger partial charge >= 0.3 is 5.97 Å². The lowest BCUT2D eigenvalue weighted by atomic mass is 10.0. The first-order valence-corrected chi connectivity index (χ1v) is 7.80. The molecule has 0 unspecified atom stereocenters. The van der Waals surface area contributed by atoms with Crippen LogP contribution in [0.25, 0.3) is 10.8 Å². The van der Waals surface area contributed by atoms with Crippen molar-refractivity contribution in [3.63, 3.8) is 0 Å². The van der Waals surface area contributed by atoms with E-state index in [0.717, 1.165) is 22.4 Å². The predicted molar refractivity (Wildman–Crippen MR) is 92.9 cm³/mol. The quantitative estimate of drug-likeness (QED) is 0.750. The van der Waals surface area contributed by atoms with Crippen LogP contribution in [0.1, 0.15) is 15.9 Å². The lowest BCUT2D eigenvalue weighted by Crippen LogP contribution is -2.42. The fourth-order valence-corrected chi connectivity index (χ4v) is 2.68. The average Bonchev–Trinajstić information content (AvgIpc) is 2.61. The van der Waals surface area contributed by atoms with Crippen LogP contribution in [-0.4, -0.2) is 23.0 Å². The van der Waals surface area contributed by atoms with Crippen molar-refractivity contribution in [1.29, 1.82) is 0 Å². The summed E-state index contributed by atoms with van der Waals surface area (Å²) >= 11 is 0. The Bertz CT molecular complexity index is 939. The number of fused-ring (bicyclic) bond motifs is 1. The molecule has 3 rings (SSSR count). The molecule has 0 radical (unpaired) electrons. The van der Waals surface area contributed by atoms with E-state index in [1.54, 1.807) is 0 Å². The molecule has 5 heteroatoms. The van der Waals surface area contributed by atoms with E-state index in [1.807, 2.05) is 42.5 Å². The van der Waals surface area contributed by atoms with E-state index in [1.165, 1.54) is 18.2 Å². The largest absolute Gasteiger partial charge is 0.480 e. The van der Waals surface area contributed by atoms with Gasteiger partial charge in [0.2, 0.25) is 0 Å². The normalized spacial score (nSPS) is 11.9. The predicted octanol–water partition coefficient (Wildman–Crippen LogP) is 3.40. The minimum absolute atomic E-state index is 0.111. The Morgan fingerprint density at radius 2 is 1.64 bits per heavy atom. The highest BCUT2D eigenvalue weighted by Gasteiger charge is 2.22. The molecule has 4 nitrogen and oxygen atoms in total. The Hall–Kier alpha value is -3.21. The van der Waals surface area contributed by atoms with Gasteiger partial charge in [0, 0.05) is 6.42 Å². The highest BCUT2D eigenvalue weighted by Crippen LogP contribution is 2.17. The van der Waals surface area contributed by atoms with Gasteiger partial charge in [0.1, 0.15) is 11.9 Å². The van der Waals surface area contributed by atoms with E-state index in [4.69, 9.17) is 0 Å². The van der Waals surface area contributed by atoms with Crippen LogP contribution in [0.15, 0.2) is 66.7 Å². The van der Waals surface area contributed by atoms with E-state index in [2.05, 4.69) is 5.32 Å². The van der Waals surface area contributed by atoms with Gasteiger partial charge in [0.15, 0.2) is 0 Å². The van der Waals surface area contributed by atoms with Gasteiger partial charge in [-0.1, -0.05) is 54.6 Å². The fourth-order valence-electron chi connectivity index (χ4n) is 2.68. The monoisotopic (exact) mass is 337 g/mol.